The van der Waals surface area contributed by atoms with Crippen molar-refractivity contribution in [1.82, 2.24) is 10.2 Å². The molecule has 3 nitrogen and oxygen atoms in total. The molecule has 0 saturated carbocycles. The second kappa shape index (κ2) is 6.40. The van der Waals surface area contributed by atoms with E-state index >= 15 is 0 Å². The Labute approximate surface area is 91.8 Å². The van der Waals surface area contributed by atoms with Crippen LogP contribution in [-0.4, -0.2) is 37.5 Å². The van der Waals surface area contributed by atoms with Gasteiger partial charge in [-0.15, -0.1) is 0 Å². The standard InChI is InChI=1S/C12H20N2O/c1-3-4-5-6-12(15)14-8-7-11(10-14)9-13-2/h3-6,11,13H,7-10H2,1-2H3/b4-3+,6-5+. The zero-order valence-corrected chi connectivity index (χ0v) is 9.57. The number of rotatable bonds is 4. The average Bonchev–Trinajstić information content (AvgIpc) is 2.67. The van der Waals surface area contributed by atoms with Gasteiger partial charge in [-0.05, 0) is 32.9 Å². The minimum atomic E-state index is 0.131. The van der Waals surface area contributed by atoms with Crippen molar-refractivity contribution in [2.45, 2.75) is 13.3 Å². The molecule has 1 fully saturated rings. The highest BCUT2D eigenvalue weighted by Crippen LogP contribution is 2.15. The normalized spacial score (nSPS) is 22.0. The smallest absolute Gasteiger partial charge is 0.246 e. The van der Waals surface area contributed by atoms with Crippen molar-refractivity contribution in [3.63, 3.8) is 0 Å². The molecular formula is C12H20N2O. The van der Waals surface area contributed by atoms with Gasteiger partial charge in [-0.2, -0.15) is 0 Å². The molecule has 0 spiro atoms. The van der Waals surface area contributed by atoms with Gasteiger partial charge >= 0.3 is 0 Å². The fourth-order valence-corrected chi connectivity index (χ4v) is 1.84. The van der Waals surface area contributed by atoms with Crippen molar-refractivity contribution in [3.8, 4) is 0 Å². The summed E-state index contributed by atoms with van der Waals surface area (Å²) in [6.45, 7) is 4.72. The van der Waals surface area contributed by atoms with Crippen molar-refractivity contribution >= 4 is 5.91 Å². The van der Waals surface area contributed by atoms with Crippen LogP contribution >= 0.6 is 0 Å². The van der Waals surface area contributed by atoms with Crippen LogP contribution in [0, 0.1) is 5.92 Å². The van der Waals surface area contributed by atoms with Gasteiger partial charge < -0.3 is 10.2 Å². The minimum Gasteiger partial charge on any atom is -0.339 e. The molecule has 0 aromatic rings. The third kappa shape index (κ3) is 3.88. The minimum absolute atomic E-state index is 0.131. The van der Waals surface area contributed by atoms with E-state index in [4.69, 9.17) is 0 Å². The van der Waals surface area contributed by atoms with E-state index in [-0.39, 0.29) is 5.91 Å². The van der Waals surface area contributed by atoms with Crippen molar-refractivity contribution in [2.75, 3.05) is 26.7 Å². The lowest BCUT2D eigenvalue weighted by Crippen LogP contribution is -2.28. The van der Waals surface area contributed by atoms with Crippen molar-refractivity contribution < 1.29 is 4.79 Å². The number of hydrogen-bond acceptors (Lipinski definition) is 2. The number of hydrogen-bond donors (Lipinski definition) is 1. The first-order valence-electron chi connectivity index (χ1n) is 5.50. The molecule has 1 saturated heterocycles. The number of carbonyl (C=O) groups excluding carboxylic acids is 1. The highest BCUT2D eigenvalue weighted by Gasteiger charge is 2.23. The second-order valence-corrected chi connectivity index (χ2v) is 3.88. The van der Waals surface area contributed by atoms with E-state index in [0.717, 1.165) is 26.1 Å². The largest absolute Gasteiger partial charge is 0.339 e. The molecule has 1 aliphatic heterocycles. The summed E-state index contributed by atoms with van der Waals surface area (Å²) in [7, 11) is 1.95. The molecule has 84 valence electrons. The van der Waals surface area contributed by atoms with E-state index < -0.39 is 0 Å². The predicted molar refractivity (Wildman–Crippen MR) is 62.6 cm³/mol. The van der Waals surface area contributed by atoms with E-state index in [0.29, 0.717) is 5.92 Å². The monoisotopic (exact) mass is 208 g/mol. The summed E-state index contributed by atoms with van der Waals surface area (Å²) in [6, 6.07) is 0. The van der Waals surface area contributed by atoms with Crippen molar-refractivity contribution in [3.05, 3.63) is 24.3 Å². The molecule has 3 heteroatoms. The maximum atomic E-state index is 11.7. The van der Waals surface area contributed by atoms with Crippen LogP contribution in [0.1, 0.15) is 13.3 Å². The summed E-state index contributed by atoms with van der Waals surface area (Å²) in [5, 5.41) is 3.15. The third-order valence-corrected chi connectivity index (χ3v) is 2.63. The van der Waals surface area contributed by atoms with E-state index in [1.54, 1.807) is 12.2 Å². The lowest BCUT2D eigenvalue weighted by molar-refractivity contribution is -0.125. The second-order valence-electron chi connectivity index (χ2n) is 3.88. The topological polar surface area (TPSA) is 32.3 Å². The van der Waals surface area contributed by atoms with Crippen LogP contribution in [0.4, 0.5) is 0 Å². The molecule has 1 N–H and O–H groups in total. The number of nitrogens with one attached hydrogen (secondary N) is 1. The zero-order valence-electron chi connectivity index (χ0n) is 9.57. The van der Waals surface area contributed by atoms with Crippen LogP contribution in [0.15, 0.2) is 24.3 Å². The van der Waals surface area contributed by atoms with Gasteiger partial charge in [-0.3, -0.25) is 4.79 Å². The fourth-order valence-electron chi connectivity index (χ4n) is 1.84. The quantitative estimate of drug-likeness (QED) is 0.556. The first kappa shape index (κ1) is 12.0. The van der Waals surface area contributed by atoms with E-state index in [1.165, 1.54) is 0 Å². The maximum absolute atomic E-state index is 11.7. The summed E-state index contributed by atoms with van der Waals surface area (Å²) >= 11 is 0. The number of carbonyl (C=O) groups is 1. The van der Waals surface area contributed by atoms with Crippen molar-refractivity contribution in [2.24, 2.45) is 5.92 Å². The van der Waals surface area contributed by atoms with Gasteiger partial charge in [0.15, 0.2) is 0 Å². The van der Waals surface area contributed by atoms with Gasteiger partial charge in [0.05, 0.1) is 0 Å². The molecule has 1 amide bonds. The Balaban J connectivity index is 2.36. The predicted octanol–water partition coefficient (Wildman–Crippen LogP) is 1.19. The highest BCUT2D eigenvalue weighted by atomic mass is 16.2. The molecule has 1 atom stereocenters. The molecule has 1 heterocycles. The molecule has 0 radical (unpaired) electrons. The van der Waals surface area contributed by atoms with Crippen LogP contribution in [-0.2, 0) is 4.79 Å². The third-order valence-electron chi connectivity index (χ3n) is 2.63. The first-order chi connectivity index (χ1) is 7.27. The zero-order chi connectivity index (χ0) is 11.1. The number of allylic oxidation sites excluding steroid dienone is 3. The molecular weight excluding hydrogens is 188 g/mol. The summed E-state index contributed by atoms with van der Waals surface area (Å²) in [5.41, 5.74) is 0. The SMILES string of the molecule is C/C=C/C=C/C(=O)N1CCC(CNC)C1. The summed E-state index contributed by atoms with van der Waals surface area (Å²) in [6.07, 6.45) is 8.34. The maximum Gasteiger partial charge on any atom is 0.246 e. The molecule has 1 unspecified atom stereocenters. The average molecular weight is 208 g/mol. The lowest BCUT2D eigenvalue weighted by atomic mass is 10.1. The number of amides is 1. The van der Waals surface area contributed by atoms with Gasteiger partial charge in [0.1, 0.15) is 0 Å². The Morgan fingerprint density at radius 2 is 2.33 bits per heavy atom. The molecule has 1 rings (SSSR count). The van der Waals surface area contributed by atoms with E-state index in [9.17, 15) is 4.79 Å². The molecule has 0 aromatic carbocycles. The van der Waals surface area contributed by atoms with Crippen LogP contribution in [0.3, 0.4) is 0 Å². The van der Waals surface area contributed by atoms with Gasteiger partial charge in [0.2, 0.25) is 5.91 Å². The Kier molecular flexibility index (Phi) is 5.12. The summed E-state index contributed by atoms with van der Waals surface area (Å²) in [4.78, 5) is 13.6. The molecule has 1 aliphatic rings. The Bertz CT molecular complexity index is 258. The molecule has 0 aliphatic carbocycles. The van der Waals surface area contributed by atoms with Crippen molar-refractivity contribution in [1.29, 1.82) is 0 Å². The fraction of sp³-hybridized carbons (Fsp3) is 0.583. The number of nitrogens with zero attached hydrogens (tertiary/aromatic N) is 1. The Hall–Kier alpha value is -1.09. The van der Waals surface area contributed by atoms with Crippen LogP contribution < -0.4 is 5.32 Å². The lowest BCUT2D eigenvalue weighted by Gasteiger charge is -2.13. The van der Waals surface area contributed by atoms with Gasteiger partial charge in [0.25, 0.3) is 0 Å². The van der Waals surface area contributed by atoms with Crippen LogP contribution in [0.25, 0.3) is 0 Å². The molecule has 0 bridgehead atoms. The highest BCUT2D eigenvalue weighted by molar-refractivity contribution is 5.88. The van der Waals surface area contributed by atoms with Gasteiger partial charge in [0, 0.05) is 19.2 Å². The molecule has 0 aromatic heterocycles. The summed E-state index contributed by atoms with van der Waals surface area (Å²) in [5.74, 6) is 0.751. The van der Waals surface area contributed by atoms with Crippen LogP contribution in [0.2, 0.25) is 0 Å². The first-order valence-corrected chi connectivity index (χ1v) is 5.50. The Morgan fingerprint density at radius 1 is 1.53 bits per heavy atom. The van der Waals surface area contributed by atoms with Gasteiger partial charge in [-0.25, -0.2) is 0 Å². The number of likely N-dealkylation sites (tertiary alicyclic amines) is 1. The van der Waals surface area contributed by atoms with E-state index in [1.807, 2.05) is 31.0 Å². The van der Waals surface area contributed by atoms with E-state index in [2.05, 4.69) is 5.32 Å². The Morgan fingerprint density at radius 3 is 3.00 bits per heavy atom. The summed E-state index contributed by atoms with van der Waals surface area (Å²) < 4.78 is 0. The van der Waals surface area contributed by atoms with Gasteiger partial charge in [-0.1, -0.05) is 18.2 Å². The van der Waals surface area contributed by atoms with Crippen LogP contribution in [0.5, 0.6) is 0 Å². The molecule has 15 heavy (non-hydrogen) atoms.